The number of nitrogens with two attached hydrogens (primary N) is 1. The standard InChI is InChI=1S/C12H13ClN4O2/c1-2-17-11(15-7-16-17)6-19-12(18)9-4-3-8(13)5-10(9)14/h3-5,7H,2,6,14H2,1H3. The van der Waals surface area contributed by atoms with Gasteiger partial charge in [-0.15, -0.1) is 0 Å². The van der Waals surface area contributed by atoms with Crippen LogP contribution in [0, 0.1) is 0 Å². The minimum absolute atomic E-state index is 0.0503. The van der Waals surface area contributed by atoms with Gasteiger partial charge in [0.1, 0.15) is 6.33 Å². The summed E-state index contributed by atoms with van der Waals surface area (Å²) in [7, 11) is 0. The summed E-state index contributed by atoms with van der Waals surface area (Å²) >= 11 is 5.77. The third kappa shape index (κ3) is 3.03. The summed E-state index contributed by atoms with van der Waals surface area (Å²) in [5, 5.41) is 4.46. The highest BCUT2D eigenvalue weighted by Crippen LogP contribution is 2.19. The van der Waals surface area contributed by atoms with E-state index in [9.17, 15) is 4.79 Å². The van der Waals surface area contributed by atoms with Crippen LogP contribution in [-0.2, 0) is 17.9 Å². The Morgan fingerprint density at radius 2 is 2.32 bits per heavy atom. The van der Waals surface area contributed by atoms with Gasteiger partial charge in [0.25, 0.3) is 0 Å². The molecule has 0 bridgehead atoms. The quantitative estimate of drug-likeness (QED) is 0.683. The number of ether oxygens (including phenoxy) is 1. The van der Waals surface area contributed by atoms with E-state index < -0.39 is 5.97 Å². The van der Waals surface area contributed by atoms with Crippen LogP contribution in [0.25, 0.3) is 0 Å². The van der Waals surface area contributed by atoms with Gasteiger partial charge in [0.15, 0.2) is 12.4 Å². The molecule has 19 heavy (non-hydrogen) atoms. The third-order valence-corrected chi connectivity index (χ3v) is 2.80. The first-order chi connectivity index (χ1) is 9.11. The fourth-order valence-electron chi connectivity index (χ4n) is 1.59. The Hall–Kier alpha value is -2.08. The molecule has 0 amide bonds. The summed E-state index contributed by atoms with van der Waals surface area (Å²) in [5.41, 5.74) is 6.28. The molecule has 0 aliphatic heterocycles. The second kappa shape index (κ2) is 5.71. The highest BCUT2D eigenvalue weighted by atomic mass is 35.5. The number of nitrogens with zero attached hydrogens (tertiary/aromatic N) is 3. The van der Waals surface area contributed by atoms with E-state index in [0.717, 1.165) is 0 Å². The fourth-order valence-corrected chi connectivity index (χ4v) is 1.77. The van der Waals surface area contributed by atoms with Gasteiger partial charge >= 0.3 is 5.97 Å². The summed E-state index contributed by atoms with van der Waals surface area (Å²) in [6.07, 6.45) is 1.42. The molecule has 2 rings (SSSR count). The summed E-state index contributed by atoms with van der Waals surface area (Å²) in [6, 6.07) is 4.63. The predicted octanol–water partition coefficient (Wildman–Crippen LogP) is 1.89. The van der Waals surface area contributed by atoms with E-state index in [0.29, 0.717) is 17.4 Å². The van der Waals surface area contributed by atoms with Crippen molar-refractivity contribution in [3.63, 3.8) is 0 Å². The molecule has 0 atom stereocenters. The summed E-state index contributed by atoms with van der Waals surface area (Å²) < 4.78 is 6.80. The number of carbonyl (C=O) groups excluding carboxylic acids is 1. The van der Waals surface area contributed by atoms with Crippen LogP contribution in [0.5, 0.6) is 0 Å². The fraction of sp³-hybridized carbons (Fsp3) is 0.250. The topological polar surface area (TPSA) is 83.0 Å². The van der Waals surface area contributed by atoms with Gasteiger partial charge in [-0.05, 0) is 25.1 Å². The molecule has 1 heterocycles. The van der Waals surface area contributed by atoms with Gasteiger partial charge in [-0.25, -0.2) is 14.5 Å². The molecule has 0 saturated heterocycles. The zero-order valence-corrected chi connectivity index (χ0v) is 11.1. The largest absolute Gasteiger partial charge is 0.454 e. The molecule has 0 aliphatic rings. The van der Waals surface area contributed by atoms with Crippen LogP contribution in [0.3, 0.4) is 0 Å². The Bertz CT molecular complexity index is 597. The molecule has 0 aliphatic carbocycles. The molecule has 0 saturated carbocycles. The van der Waals surface area contributed by atoms with Crippen LogP contribution in [0.1, 0.15) is 23.1 Å². The van der Waals surface area contributed by atoms with Crippen molar-refractivity contribution in [1.29, 1.82) is 0 Å². The van der Waals surface area contributed by atoms with E-state index in [2.05, 4.69) is 10.1 Å². The lowest BCUT2D eigenvalue weighted by molar-refractivity contribution is 0.0458. The molecule has 2 N–H and O–H groups in total. The van der Waals surface area contributed by atoms with Crippen molar-refractivity contribution >= 4 is 23.3 Å². The van der Waals surface area contributed by atoms with Gasteiger partial charge < -0.3 is 10.5 Å². The highest BCUT2D eigenvalue weighted by Gasteiger charge is 2.13. The van der Waals surface area contributed by atoms with Crippen molar-refractivity contribution in [2.75, 3.05) is 5.73 Å². The molecule has 0 unspecified atom stereocenters. The van der Waals surface area contributed by atoms with Crippen LogP contribution in [0.4, 0.5) is 5.69 Å². The van der Waals surface area contributed by atoms with Crippen LogP contribution in [0.15, 0.2) is 24.5 Å². The third-order valence-electron chi connectivity index (χ3n) is 2.56. The lowest BCUT2D eigenvalue weighted by Crippen LogP contribution is -2.11. The van der Waals surface area contributed by atoms with Crippen LogP contribution in [0.2, 0.25) is 5.02 Å². The number of aromatic nitrogens is 3. The van der Waals surface area contributed by atoms with E-state index in [1.165, 1.54) is 18.5 Å². The molecular formula is C12H13ClN4O2. The van der Waals surface area contributed by atoms with Gasteiger partial charge in [-0.2, -0.15) is 5.10 Å². The molecule has 100 valence electrons. The number of esters is 1. The van der Waals surface area contributed by atoms with Gasteiger partial charge in [-0.1, -0.05) is 11.6 Å². The summed E-state index contributed by atoms with van der Waals surface area (Å²) in [6.45, 7) is 2.64. The Morgan fingerprint density at radius 3 is 3.00 bits per heavy atom. The van der Waals surface area contributed by atoms with E-state index in [-0.39, 0.29) is 17.9 Å². The van der Waals surface area contributed by atoms with Crippen molar-refractivity contribution in [3.8, 4) is 0 Å². The smallest absolute Gasteiger partial charge is 0.340 e. The van der Waals surface area contributed by atoms with E-state index in [1.807, 2.05) is 6.92 Å². The summed E-state index contributed by atoms with van der Waals surface area (Å²) in [5.74, 6) is 0.0724. The molecule has 1 aromatic carbocycles. The number of anilines is 1. The average molecular weight is 281 g/mol. The molecule has 2 aromatic rings. The average Bonchev–Trinajstić information content (AvgIpc) is 2.83. The molecular weight excluding hydrogens is 268 g/mol. The minimum Gasteiger partial charge on any atom is -0.454 e. The first kappa shape index (κ1) is 13.4. The summed E-state index contributed by atoms with van der Waals surface area (Å²) in [4.78, 5) is 15.9. The maximum atomic E-state index is 11.9. The molecule has 0 spiro atoms. The maximum absolute atomic E-state index is 11.9. The number of hydrogen-bond acceptors (Lipinski definition) is 5. The second-order valence-corrected chi connectivity index (χ2v) is 4.24. The van der Waals surface area contributed by atoms with Gasteiger partial charge in [0, 0.05) is 17.3 Å². The lowest BCUT2D eigenvalue weighted by Gasteiger charge is -2.07. The first-order valence-corrected chi connectivity index (χ1v) is 6.08. The predicted molar refractivity (Wildman–Crippen MR) is 70.7 cm³/mol. The zero-order chi connectivity index (χ0) is 13.8. The molecule has 1 aromatic heterocycles. The van der Waals surface area contributed by atoms with E-state index >= 15 is 0 Å². The van der Waals surface area contributed by atoms with Crippen molar-refractivity contribution < 1.29 is 9.53 Å². The van der Waals surface area contributed by atoms with E-state index in [4.69, 9.17) is 22.1 Å². The van der Waals surface area contributed by atoms with Crippen LogP contribution in [-0.4, -0.2) is 20.7 Å². The normalized spacial score (nSPS) is 10.4. The van der Waals surface area contributed by atoms with Crippen molar-refractivity contribution in [1.82, 2.24) is 14.8 Å². The van der Waals surface area contributed by atoms with Gasteiger partial charge in [-0.3, -0.25) is 0 Å². The highest BCUT2D eigenvalue weighted by molar-refractivity contribution is 6.31. The number of nitrogen functional groups attached to an aromatic ring is 1. The van der Waals surface area contributed by atoms with Gasteiger partial charge in [0.2, 0.25) is 0 Å². The molecule has 6 nitrogen and oxygen atoms in total. The Morgan fingerprint density at radius 1 is 1.53 bits per heavy atom. The lowest BCUT2D eigenvalue weighted by atomic mass is 10.2. The number of benzene rings is 1. The second-order valence-electron chi connectivity index (χ2n) is 3.80. The SMILES string of the molecule is CCn1ncnc1COC(=O)c1ccc(Cl)cc1N. The number of carbonyl (C=O) groups is 1. The van der Waals surface area contributed by atoms with Gasteiger partial charge in [0.05, 0.1) is 5.56 Å². The monoisotopic (exact) mass is 280 g/mol. The number of rotatable bonds is 4. The number of hydrogen-bond donors (Lipinski definition) is 1. The zero-order valence-electron chi connectivity index (χ0n) is 10.3. The molecule has 7 heteroatoms. The Labute approximate surface area is 115 Å². The Kier molecular flexibility index (Phi) is 4.01. The molecule has 0 fully saturated rings. The van der Waals surface area contributed by atoms with Crippen molar-refractivity contribution in [2.24, 2.45) is 0 Å². The number of halogens is 1. The van der Waals surface area contributed by atoms with Crippen LogP contribution < -0.4 is 5.73 Å². The number of aryl methyl sites for hydroxylation is 1. The van der Waals surface area contributed by atoms with Crippen molar-refractivity contribution in [3.05, 3.63) is 40.9 Å². The van der Waals surface area contributed by atoms with E-state index in [1.54, 1.807) is 10.7 Å². The van der Waals surface area contributed by atoms with Crippen molar-refractivity contribution in [2.45, 2.75) is 20.1 Å². The van der Waals surface area contributed by atoms with Crippen LogP contribution >= 0.6 is 11.6 Å². The first-order valence-electron chi connectivity index (χ1n) is 5.70. The maximum Gasteiger partial charge on any atom is 0.340 e. The Balaban J connectivity index is 2.05. The minimum atomic E-state index is -0.514. The molecule has 0 radical (unpaired) electrons.